The normalized spacial score (nSPS) is 17.7. The predicted molar refractivity (Wildman–Crippen MR) is 86.7 cm³/mol. The Morgan fingerprint density at radius 1 is 1.14 bits per heavy atom. The average Bonchev–Trinajstić information content (AvgIpc) is 2.45. The number of methoxy groups -OCH3 is 1. The van der Waals surface area contributed by atoms with Crippen LogP contribution in [0.4, 0.5) is 0 Å². The molecule has 1 saturated carbocycles. The molecule has 1 aromatic carbocycles. The average molecular weight is 288 g/mol. The van der Waals surface area contributed by atoms with E-state index in [2.05, 4.69) is 32.9 Å². The van der Waals surface area contributed by atoms with Crippen LogP contribution in [0.1, 0.15) is 54.4 Å². The first kappa shape index (κ1) is 16.2. The molecule has 1 aromatic rings. The zero-order valence-corrected chi connectivity index (χ0v) is 13.9. The van der Waals surface area contributed by atoms with E-state index in [1.54, 1.807) is 7.11 Å². The first-order valence-corrected chi connectivity index (χ1v) is 8.15. The van der Waals surface area contributed by atoms with Gasteiger partial charge in [0, 0.05) is 13.5 Å². The topological polar surface area (TPSA) is 26.3 Å². The molecule has 2 nitrogen and oxygen atoms in total. The monoisotopic (exact) mass is 288 g/mol. The van der Waals surface area contributed by atoms with Gasteiger partial charge in [0.2, 0.25) is 0 Å². The second-order valence-corrected chi connectivity index (χ2v) is 6.57. The molecule has 21 heavy (non-hydrogen) atoms. The number of aryl methyl sites for hydroxylation is 3. The first-order chi connectivity index (χ1) is 10.0. The van der Waals surface area contributed by atoms with E-state index in [0.29, 0.717) is 12.3 Å². The zero-order valence-electron chi connectivity index (χ0n) is 13.9. The van der Waals surface area contributed by atoms with Crippen molar-refractivity contribution in [1.82, 2.24) is 0 Å². The molecule has 1 fully saturated rings. The SMILES string of the molecule is COC(C(=O)Cc1c(C)cc(C)cc1C)C1CCCCC1. The van der Waals surface area contributed by atoms with Gasteiger partial charge in [-0.25, -0.2) is 0 Å². The number of ether oxygens (including phenoxy) is 1. The molecule has 2 rings (SSSR count). The van der Waals surface area contributed by atoms with Gasteiger partial charge in [0.1, 0.15) is 6.10 Å². The van der Waals surface area contributed by atoms with Crippen LogP contribution in [-0.2, 0) is 16.0 Å². The second kappa shape index (κ2) is 7.22. The molecule has 1 aliphatic carbocycles. The molecule has 0 aliphatic heterocycles. The van der Waals surface area contributed by atoms with Crippen molar-refractivity contribution in [2.24, 2.45) is 5.92 Å². The molecule has 0 aromatic heterocycles. The molecule has 0 heterocycles. The molecule has 0 amide bonds. The molecule has 116 valence electrons. The molecular weight excluding hydrogens is 260 g/mol. The van der Waals surface area contributed by atoms with Gasteiger partial charge in [0.05, 0.1) is 0 Å². The van der Waals surface area contributed by atoms with Gasteiger partial charge in [-0.3, -0.25) is 4.79 Å². The highest BCUT2D eigenvalue weighted by molar-refractivity contribution is 5.86. The van der Waals surface area contributed by atoms with Crippen LogP contribution in [-0.4, -0.2) is 19.0 Å². The minimum Gasteiger partial charge on any atom is -0.373 e. The predicted octanol–water partition coefficient (Wildman–Crippen LogP) is 4.32. The summed E-state index contributed by atoms with van der Waals surface area (Å²) in [6.45, 7) is 6.31. The fourth-order valence-electron chi connectivity index (χ4n) is 3.79. The Balaban J connectivity index is 2.12. The van der Waals surface area contributed by atoms with Gasteiger partial charge in [-0.05, 0) is 56.2 Å². The molecule has 1 aliphatic rings. The Bertz CT molecular complexity index is 475. The number of rotatable bonds is 5. The lowest BCUT2D eigenvalue weighted by Crippen LogP contribution is -2.34. The van der Waals surface area contributed by atoms with Crippen LogP contribution >= 0.6 is 0 Å². The number of hydrogen-bond acceptors (Lipinski definition) is 2. The largest absolute Gasteiger partial charge is 0.373 e. The van der Waals surface area contributed by atoms with Crippen LogP contribution in [0, 0.1) is 26.7 Å². The van der Waals surface area contributed by atoms with E-state index in [9.17, 15) is 4.79 Å². The van der Waals surface area contributed by atoms with E-state index < -0.39 is 0 Å². The van der Waals surface area contributed by atoms with E-state index in [4.69, 9.17) is 4.74 Å². The van der Waals surface area contributed by atoms with Gasteiger partial charge in [0.25, 0.3) is 0 Å². The maximum Gasteiger partial charge on any atom is 0.166 e. The summed E-state index contributed by atoms with van der Waals surface area (Å²) in [7, 11) is 1.69. The van der Waals surface area contributed by atoms with Crippen LogP contribution in [0.15, 0.2) is 12.1 Å². The lowest BCUT2D eigenvalue weighted by molar-refractivity contribution is -0.132. The summed E-state index contributed by atoms with van der Waals surface area (Å²) in [4.78, 5) is 12.7. The Morgan fingerprint density at radius 3 is 2.24 bits per heavy atom. The highest BCUT2D eigenvalue weighted by atomic mass is 16.5. The van der Waals surface area contributed by atoms with Gasteiger partial charge in [-0.1, -0.05) is 37.0 Å². The number of carbonyl (C=O) groups excluding carboxylic acids is 1. The summed E-state index contributed by atoms with van der Waals surface area (Å²) in [6, 6.07) is 4.33. The molecule has 1 unspecified atom stereocenters. The summed E-state index contributed by atoms with van der Waals surface area (Å²) in [5.41, 5.74) is 4.89. The minimum atomic E-state index is -0.217. The standard InChI is InChI=1S/C19H28O2/c1-13-10-14(2)17(15(3)11-13)12-18(20)19(21-4)16-8-6-5-7-9-16/h10-11,16,19H,5-9,12H2,1-4H3. The van der Waals surface area contributed by atoms with Crippen molar-refractivity contribution in [2.75, 3.05) is 7.11 Å². The van der Waals surface area contributed by atoms with Gasteiger partial charge >= 0.3 is 0 Å². The Hall–Kier alpha value is -1.15. The maximum atomic E-state index is 12.7. The molecule has 2 heteroatoms. The van der Waals surface area contributed by atoms with Crippen molar-refractivity contribution >= 4 is 5.78 Å². The lowest BCUT2D eigenvalue weighted by atomic mass is 9.82. The van der Waals surface area contributed by atoms with Crippen molar-refractivity contribution in [3.05, 3.63) is 34.4 Å². The van der Waals surface area contributed by atoms with Crippen molar-refractivity contribution in [3.63, 3.8) is 0 Å². The van der Waals surface area contributed by atoms with Gasteiger partial charge in [0.15, 0.2) is 5.78 Å². The van der Waals surface area contributed by atoms with E-state index in [0.717, 1.165) is 12.8 Å². The molecule has 1 atom stereocenters. The maximum absolute atomic E-state index is 12.7. The van der Waals surface area contributed by atoms with Crippen LogP contribution in [0.5, 0.6) is 0 Å². The molecule has 0 radical (unpaired) electrons. The Labute approximate surface area is 128 Å². The third-order valence-corrected chi connectivity index (χ3v) is 4.84. The van der Waals surface area contributed by atoms with Crippen LogP contribution in [0.25, 0.3) is 0 Å². The van der Waals surface area contributed by atoms with Crippen LogP contribution in [0.3, 0.4) is 0 Å². The quantitative estimate of drug-likeness (QED) is 0.806. The highest BCUT2D eigenvalue weighted by Gasteiger charge is 2.29. The van der Waals surface area contributed by atoms with E-state index in [-0.39, 0.29) is 11.9 Å². The lowest BCUT2D eigenvalue weighted by Gasteiger charge is -2.28. The van der Waals surface area contributed by atoms with E-state index >= 15 is 0 Å². The van der Waals surface area contributed by atoms with Crippen molar-refractivity contribution in [2.45, 2.75) is 65.4 Å². The Kier molecular flexibility index (Phi) is 5.58. The summed E-state index contributed by atoms with van der Waals surface area (Å²) in [5.74, 6) is 0.668. The minimum absolute atomic E-state index is 0.217. The molecular formula is C19H28O2. The van der Waals surface area contributed by atoms with Crippen molar-refractivity contribution < 1.29 is 9.53 Å². The second-order valence-electron chi connectivity index (χ2n) is 6.57. The third-order valence-electron chi connectivity index (χ3n) is 4.84. The zero-order chi connectivity index (χ0) is 15.4. The number of hydrogen-bond donors (Lipinski definition) is 0. The van der Waals surface area contributed by atoms with Crippen molar-refractivity contribution in [1.29, 1.82) is 0 Å². The summed E-state index contributed by atoms with van der Waals surface area (Å²) >= 11 is 0. The van der Waals surface area contributed by atoms with Crippen molar-refractivity contribution in [3.8, 4) is 0 Å². The molecule has 0 bridgehead atoms. The van der Waals surface area contributed by atoms with Gasteiger partial charge < -0.3 is 4.74 Å². The molecule has 0 saturated heterocycles. The fourth-order valence-corrected chi connectivity index (χ4v) is 3.79. The van der Waals surface area contributed by atoms with Gasteiger partial charge in [-0.15, -0.1) is 0 Å². The molecule has 0 spiro atoms. The van der Waals surface area contributed by atoms with Crippen LogP contribution < -0.4 is 0 Å². The summed E-state index contributed by atoms with van der Waals surface area (Å²) in [5, 5.41) is 0. The van der Waals surface area contributed by atoms with Crippen LogP contribution in [0.2, 0.25) is 0 Å². The number of benzene rings is 1. The Morgan fingerprint density at radius 2 is 1.71 bits per heavy atom. The molecule has 0 N–H and O–H groups in total. The highest BCUT2D eigenvalue weighted by Crippen LogP contribution is 2.29. The first-order valence-electron chi connectivity index (χ1n) is 8.15. The number of ketones is 1. The number of carbonyl (C=O) groups is 1. The number of Topliss-reactive ketones (excluding diaryl/α,β-unsaturated/α-hetero) is 1. The van der Waals surface area contributed by atoms with E-state index in [1.165, 1.54) is 41.5 Å². The third kappa shape index (κ3) is 3.94. The summed E-state index contributed by atoms with van der Waals surface area (Å²) in [6.07, 6.45) is 6.34. The summed E-state index contributed by atoms with van der Waals surface area (Å²) < 4.78 is 5.58. The van der Waals surface area contributed by atoms with E-state index in [1.807, 2.05) is 0 Å². The fraction of sp³-hybridized carbons (Fsp3) is 0.632. The van der Waals surface area contributed by atoms with Gasteiger partial charge in [-0.2, -0.15) is 0 Å². The smallest absolute Gasteiger partial charge is 0.166 e.